The second-order valence-corrected chi connectivity index (χ2v) is 5.70. The summed E-state index contributed by atoms with van der Waals surface area (Å²) in [5.74, 6) is 1.13. The van der Waals surface area contributed by atoms with Crippen LogP contribution in [-0.4, -0.2) is 35.7 Å². The van der Waals surface area contributed by atoms with Crippen LogP contribution in [0, 0.1) is 0 Å². The first-order valence-corrected chi connectivity index (χ1v) is 7.56. The molecule has 114 valence electrons. The van der Waals surface area contributed by atoms with Crippen LogP contribution in [0.3, 0.4) is 0 Å². The number of benzene rings is 1. The summed E-state index contributed by atoms with van der Waals surface area (Å²) in [6, 6.07) is 14.6. The van der Waals surface area contributed by atoms with E-state index in [0.29, 0.717) is 17.7 Å². The zero-order valence-electron chi connectivity index (χ0n) is 12.9. The molecule has 0 radical (unpaired) electrons. The van der Waals surface area contributed by atoms with Crippen molar-refractivity contribution < 1.29 is 4.79 Å². The van der Waals surface area contributed by atoms with E-state index in [1.807, 2.05) is 12.1 Å². The zero-order chi connectivity index (χ0) is 15.5. The first-order valence-electron chi connectivity index (χ1n) is 7.56. The Labute approximate surface area is 130 Å². The SMILES string of the molecule is CNC(=O)c1ccc(N2CC(c3ccccc3)CC2C)nn1. The number of hydrogen-bond acceptors (Lipinski definition) is 4. The van der Waals surface area contributed by atoms with Gasteiger partial charge in [-0.05, 0) is 31.0 Å². The minimum absolute atomic E-state index is 0.212. The summed E-state index contributed by atoms with van der Waals surface area (Å²) in [5, 5.41) is 10.8. The van der Waals surface area contributed by atoms with Crippen molar-refractivity contribution in [3.05, 3.63) is 53.7 Å². The van der Waals surface area contributed by atoms with E-state index in [9.17, 15) is 4.79 Å². The maximum atomic E-state index is 11.5. The Morgan fingerprint density at radius 1 is 1.18 bits per heavy atom. The molecule has 0 bridgehead atoms. The number of anilines is 1. The predicted octanol–water partition coefficient (Wildman–Crippen LogP) is 2.22. The van der Waals surface area contributed by atoms with E-state index in [1.165, 1.54) is 5.56 Å². The van der Waals surface area contributed by atoms with Gasteiger partial charge >= 0.3 is 0 Å². The number of hydrogen-bond donors (Lipinski definition) is 1. The van der Waals surface area contributed by atoms with Crippen LogP contribution in [0.15, 0.2) is 42.5 Å². The Morgan fingerprint density at radius 2 is 1.95 bits per heavy atom. The molecule has 1 amide bonds. The van der Waals surface area contributed by atoms with E-state index in [2.05, 4.69) is 51.6 Å². The van der Waals surface area contributed by atoms with E-state index >= 15 is 0 Å². The van der Waals surface area contributed by atoms with Gasteiger partial charge in [0.25, 0.3) is 5.91 Å². The van der Waals surface area contributed by atoms with Gasteiger partial charge in [-0.2, -0.15) is 0 Å². The first-order chi connectivity index (χ1) is 10.7. The summed E-state index contributed by atoms with van der Waals surface area (Å²) in [4.78, 5) is 13.8. The second kappa shape index (κ2) is 6.13. The van der Waals surface area contributed by atoms with E-state index in [4.69, 9.17) is 0 Å². The minimum Gasteiger partial charge on any atom is -0.354 e. The van der Waals surface area contributed by atoms with E-state index in [1.54, 1.807) is 13.1 Å². The maximum absolute atomic E-state index is 11.5. The number of carbonyl (C=O) groups is 1. The molecule has 1 N–H and O–H groups in total. The lowest BCUT2D eigenvalue weighted by Crippen LogP contribution is -2.28. The molecule has 1 aromatic carbocycles. The monoisotopic (exact) mass is 296 g/mol. The molecule has 0 aliphatic carbocycles. The molecule has 2 aromatic rings. The standard InChI is InChI=1S/C17H20N4O/c1-12-10-14(13-6-4-3-5-7-13)11-21(12)16-9-8-15(19-20-16)17(22)18-2/h3-9,12,14H,10-11H2,1-2H3,(H,18,22). The highest BCUT2D eigenvalue weighted by Crippen LogP contribution is 2.33. The average molecular weight is 296 g/mol. The van der Waals surface area contributed by atoms with Gasteiger partial charge in [0.05, 0.1) is 0 Å². The van der Waals surface area contributed by atoms with Crippen LogP contribution in [0.5, 0.6) is 0 Å². The third-order valence-corrected chi connectivity index (χ3v) is 4.25. The molecule has 5 heteroatoms. The van der Waals surface area contributed by atoms with Gasteiger partial charge in [-0.15, -0.1) is 10.2 Å². The van der Waals surface area contributed by atoms with E-state index in [-0.39, 0.29) is 5.91 Å². The summed E-state index contributed by atoms with van der Waals surface area (Å²) in [7, 11) is 1.59. The molecular formula is C17H20N4O. The Hall–Kier alpha value is -2.43. The van der Waals surface area contributed by atoms with Crippen LogP contribution < -0.4 is 10.2 Å². The van der Waals surface area contributed by atoms with Crippen molar-refractivity contribution in [2.75, 3.05) is 18.5 Å². The maximum Gasteiger partial charge on any atom is 0.271 e. The first kappa shape index (κ1) is 14.5. The van der Waals surface area contributed by atoms with Gasteiger partial charge in [-0.1, -0.05) is 30.3 Å². The molecule has 3 rings (SSSR count). The number of carbonyl (C=O) groups excluding carboxylic acids is 1. The highest BCUT2D eigenvalue weighted by molar-refractivity contribution is 5.91. The van der Waals surface area contributed by atoms with Gasteiger partial charge in [-0.3, -0.25) is 4.79 Å². The molecule has 5 nitrogen and oxygen atoms in total. The number of aromatic nitrogens is 2. The molecular weight excluding hydrogens is 276 g/mol. The van der Waals surface area contributed by atoms with Crippen LogP contribution in [-0.2, 0) is 0 Å². The van der Waals surface area contributed by atoms with E-state index < -0.39 is 0 Å². The van der Waals surface area contributed by atoms with Crippen LogP contribution >= 0.6 is 0 Å². The Bertz CT molecular complexity index is 641. The number of nitrogens with zero attached hydrogens (tertiary/aromatic N) is 3. The van der Waals surface area contributed by atoms with Crippen LogP contribution in [0.2, 0.25) is 0 Å². The molecule has 0 saturated carbocycles. The fourth-order valence-corrected chi connectivity index (χ4v) is 3.04. The zero-order valence-corrected chi connectivity index (χ0v) is 12.9. The number of nitrogens with one attached hydrogen (secondary N) is 1. The summed E-state index contributed by atoms with van der Waals surface area (Å²) in [6.45, 7) is 3.14. The fourth-order valence-electron chi connectivity index (χ4n) is 3.04. The normalized spacial score (nSPS) is 20.9. The predicted molar refractivity (Wildman–Crippen MR) is 86.0 cm³/mol. The van der Waals surface area contributed by atoms with Crippen molar-refractivity contribution >= 4 is 11.7 Å². The molecule has 2 unspecified atom stereocenters. The van der Waals surface area contributed by atoms with Crippen molar-refractivity contribution in [1.82, 2.24) is 15.5 Å². The Morgan fingerprint density at radius 3 is 2.59 bits per heavy atom. The molecule has 1 aromatic heterocycles. The molecule has 1 aliphatic heterocycles. The molecule has 22 heavy (non-hydrogen) atoms. The van der Waals surface area contributed by atoms with Crippen molar-refractivity contribution in [3.8, 4) is 0 Å². The van der Waals surface area contributed by atoms with Crippen LogP contribution in [0.4, 0.5) is 5.82 Å². The third kappa shape index (κ3) is 2.79. The smallest absolute Gasteiger partial charge is 0.271 e. The molecule has 1 saturated heterocycles. The van der Waals surface area contributed by atoms with Crippen molar-refractivity contribution in [3.63, 3.8) is 0 Å². The molecule has 2 atom stereocenters. The van der Waals surface area contributed by atoms with Gasteiger partial charge in [0.2, 0.25) is 0 Å². The van der Waals surface area contributed by atoms with Crippen molar-refractivity contribution in [2.24, 2.45) is 0 Å². The van der Waals surface area contributed by atoms with E-state index in [0.717, 1.165) is 18.8 Å². The number of amides is 1. The Kier molecular flexibility index (Phi) is 4.04. The van der Waals surface area contributed by atoms with Gasteiger partial charge in [0.15, 0.2) is 11.5 Å². The average Bonchev–Trinajstić information content (AvgIpc) is 2.97. The summed E-state index contributed by atoms with van der Waals surface area (Å²) >= 11 is 0. The van der Waals surface area contributed by atoms with Gasteiger partial charge < -0.3 is 10.2 Å². The quantitative estimate of drug-likeness (QED) is 0.943. The molecule has 1 fully saturated rings. The second-order valence-electron chi connectivity index (χ2n) is 5.70. The fraction of sp³-hybridized carbons (Fsp3) is 0.353. The molecule has 2 heterocycles. The number of rotatable bonds is 3. The summed E-state index contributed by atoms with van der Waals surface area (Å²) in [5.41, 5.74) is 1.71. The Balaban J connectivity index is 1.76. The highest BCUT2D eigenvalue weighted by atomic mass is 16.1. The molecule has 0 spiro atoms. The lowest BCUT2D eigenvalue weighted by atomic mass is 9.97. The third-order valence-electron chi connectivity index (χ3n) is 4.25. The topological polar surface area (TPSA) is 58.1 Å². The van der Waals surface area contributed by atoms with Crippen molar-refractivity contribution in [2.45, 2.75) is 25.3 Å². The van der Waals surface area contributed by atoms with Gasteiger partial charge in [-0.25, -0.2) is 0 Å². The van der Waals surface area contributed by atoms with Crippen LogP contribution in [0.25, 0.3) is 0 Å². The highest BCUT2D eigenvalue weighted by Gasteiger charge is 2.31. The molecule has 1 aliphatic rings. The largest absolute Gasteiger partial charge is 0.354 e. The van der Waals surface area contributed by atoms with Gasteiger partial charge in [0.1, 0.15) is 0 Å². The van der Waals surface area contributed by atoms with Crippen molar-refractivity contribution in [1.29, 1.82) is 0 Å². The van der Waals surface area contributed by atoms with Gasteiger partial charge in [0, 0.05) is 25.6 Å². The summed E-state index contributed by atoms with van der Waals surface area (Å²) in [6.07, 6.45) is 1.10. The lowest BCUT2D eigenvalue weighted by Gasteiger charge is -2.22. The summed E-state index contributed by atoms with van der Waals surface area (Å²) < 4.78 is 0. The van der Waals surface area contributed by atoms with Crippen LogP contribution in [0.1, 0.15) is 35.3 Å². The lowest BCUT2D eigenvalue weighted by molar-refractivity contribution is 0.0957. The minimum atomic E-state index is -0.212.